The summed E-state index contributed by atoms with van der Waals surface area (Å²) in [6.45, 7) is 6.76. The molecule has 0 radical (unpaired) electrons. The molecule has 2 unspecified atom stereocenters. The quantitative estimate of drug-likeness (QED) is 0.748. The maximum atomic E-state index is 3.62. The molecule has 0 amide bonds. The van der Waals surface area contributed by atoms with Crippen molar-refractivity contribution in [2.24, 2.45) is 0 Å². The van der Waals surface area contributed by atoms with Crippen molar-refractivity contribution < 1.29 is 0 Å². The van der Waals surface area contributed by atoms with Gasteiger partial charge >= 0.3 is 0 Å². The summed E-state index contributed by atoms with van der Waals surface area (Å²) in [5, 5.41) is 3.62. The van der Waals surface area contributed by atoms with Gasteiger partial charge in [0.05, 0.1) is 0 Å². The summed E-state index contributed by atoms with van der Waals surface area (Å²) in [5.41, 5.74) is 2.86. The molecule has 2 nitrogen and oxygen atoms in total. The van der Waals surface area contributed by atoms with Gasteiger partial charge in [0, 0.05) is 30.9 Å². The Hall–Kier alpha value is -0.510. The highest BCUT2D eigenvalue weighted by molar-refractivity contribution is 7.98. The average molecular weight is 307 g/mol. The standard InChI is InChI=1S/C18H30N2S/c1-14(11-19-18-9-10-18)17-7-5-16(6-8-17)12-20(3)15(2)13-21-4/h5-8,14-15,18-19H,9-13H2,1-4H3. The fraction of sp³-hybridized carbons (Fsp3) is 0.667. The molecule has 21 heavy (non-hydrogen) atoms. The van der Waals surface area contributed by atoms with Crippen molar-refractivity contribution in [2.75, 3.05) is 25.6 Å². The maximum absolute atomic E-state index is 3.62. The van der Waals surface area contributed by atoms with Gasteiger partial charge in [-0.25, -0.2) is 0 Å². The zero-order valence-electron chi connectivity index (χ0n) is 13.9. The molecule has 118 valence electrons. The zero-order valence-corrected chi connectivity index (χ0v) is 14.7. The fourth-order valence-electron chi connectivity index (χ4n) is 2.51. The van der Waals surface area contributed by atoms with Crippen LogP contribution in [-0.2, 0) is 6.54 Å². The van der Waals surface area contributed by atoms with Gasteiger partial charge in [0.1, 0.15) is 0 Å². The number of benzene rings is 1. The molecule has 1 aromatic carbocycles. The molecule has 1 aliphatic carbocycles. The third-order valence-electron chi connectivity index (χ3n) is 4.43. The highest BCUT2D eigenvalue weighted by atomic mass is 32.2. The van der Waals surface area contributed by atoms with Crippen molar-refractivity contribution >= 4 is 11.8 Å². The molecule has 0 aliphatic heterocycles. The Kier molecular flexibility index (Phi) is 6.59. The fourth-order valence-corrected chi connectivity index (χ4v) is 3.25. The number of rotatable bonds is 9. The van der Waals surface area contributed by atoms with Gasteiger partial charge in [-0.2, -0.15) is 11.8 Å². The van der Waals surface area contributed by atoms with E-state index in [0.29, 0.717) is 12.0 Å². The van der Waals surface area contributed by atoms with E-state index >= 15 is 0 Å². The van der Waals surface area contributed by atoms with E-state index < -0.39 is 0 Å². The van der Waals surface area contributed by atoms with Crippen LogP contribution in [0, 0.1) is 0 Å². The molecule has 0 bridgehead atoms. The largest absolute Gasteiger partial charge is 0.313 e. The second kappa shape index (κ2) is 8.21. The van der Waals surface area contributed by atoms with Gasteiger partial charge < -0.3 is 5.32 Å². The van der Waals surface area contributed by atoms with Gasteiger partial charge in [-0.1, -0.05) is 31.2 Å². The number of thioether (sulfide) groups is 1. The summed E-state index contributed by atoms with van der Waals surface area (Å²) < 4.78 is 0. The Morgan fingerprint density at radius 3 is 2.48 bits per heavy atom. The third kappa shape index (κ3) is 5.65. The lowest BCUT2D eigenvalue weighted by Crippen LogP contribution is -2.30. The summed E-state index contributed by atoms with van der Waals surface area (Å²) in [7, 11) is 2.22. The molecule has 1 saturated carbocycles. The minimum Gasteiger partial charge on any atom is -0.313 e. The molecule has 0 saturated heterocycles. The van der Waals surface area contributed by atoms with Gasteiger partial charge in [-0.05, 0) is 50.1 Å². The van der Waals surface area contributed by atoms with E-state index in [-0.39, 0.29) is 0 Å². The van der Waals surface area contributed by atoms with Crippen LogP contribution in [0.5, 0.6) is 0 Å². The first-order valence-electron chi connectivity index (χ1n) is 8.11. The Morgan fingerprint density at radius 2 is 1.90 bits per heavy atom. The SMILES string of the molecule is CSCC(C)N(C)Cc1ccc(C(C)CNC2CC2)cc1. The molecule has 2 atom stereocenters. The molecule has 0 aromatic heterocycles. The number of nitrogens with zero attached hydrogens (tertiary/aromatic N) is 1. The molecule has 2 rings (SSSR count). The van der Waals surface area contributed by atoms with Gasteiger partial charge in [-0.15, -0.1) is 0 Å². The van der Waals surface area contributed by atoms with Crippen LogP contribution in [-0.4, -0.2) is 42.6 Å². The van der Waals surface area contributed by atoms with Gasteiger partial charge in [0.15, 0.2) is 0 Å². The third-order valence-corrected chi connectivity index (χ3v) is 5.25. The average Bonchev–Trinajstić information content (AvgIpc) is 3.30. The van der Waals surface area contributed by atoms with Crippen molar-refractivity contribution in [1.29, 1.82) is 0 Å². The monoisotopic (exact) mass is 306 g/mol. The second-order valence-corrected chi connectivity index (χ2v) is 7.46. The van der Waals surface area contributed by atoms with Crippen LogP contribution >= 0.6 is 11.8 Å². The van der Waals surface area contributed by atoms with Crippen LogP contribution in [0.3, 0.4) is 0 Å². The molecule has 0 spiro atoms. The molecular weight excluding hydrogens is 276 g/mol. The van der Waals surface area contributed by atoms with E-state index in [4.69, 9.17) is 0 Å². The van der Waals surface area contributed by atoms with Crippen LogP contribution in [0.1, 0.15) is 43.7 Å². The normalized spacial score (nSPS) is 18.0. The number of hydrogen-bond acceptors (Lipinski definition) is 3. The summed E-state index contributed by atoms with van der Waals surface area (Å²) >= 11 is 1.92. The van der Waals surface area contributed by atoms with Crippen molar-refractivity contribution in [3.05, 3.63) is 35.4 Å². The minimum absolute atomic E-state index is 0.604. The summed E-state index contributed by atoms with van der Waals surface area (Å²) in [6.07, 6.45) is 4.91. The Morgan fingerprint density at radius 1 is 1.24 bits per heavy atom. The Balaban J connectivity index is 1.82. The predicted octanol–water partition coefficient (Wildman–Crippen LogP) is 3.73. The summed E-state index contributed by atoms with van der Waals surface area (Å²) in [5.74, 6) is 1.80. The van der Waals surface area contributed by atoms with Crippen LogP contribution in [0.15, 0.2) is 24.3 Å². The van der Waals surface area contributed by atoms with Gasteiger partial charge in [-0.3, -0.25) is 4.90 Å². The molecule has 1 aromatic rings. The molecule has 0 heterocycles. The first-order valence-corrected chi connectivity index (χ1v) is 9.51. The lowest BCUT2D eigenvalue weighted by molar-refractivity contribution is 0.269. The highest BCUT2D eigenvalue weighted by Gasteiger charge is 2.21. The Bertz CT molecular complexity index is 414. The lowest BCUT2D eigenvalue weighted by atomic mass is 9.99. The molecule has 1 aliphatic rings. The zero-order chi connectivity index (χ0) is 15.2. The van der Waals surface area contributed by atoms with Crippen molar-refractivity contribution in [3.8, 4) is 0 Å². The van der Waals surface area contributed by atoms with Crippen LogP contribution in [0.25, 0.3) is 0 Å². The molecule has 3 heteroatoms. The van der Waals surface area contributed by atoms with E-state index in [1.54, 1.807) is 0 Å². The van der Waals surface area contributed by atoms with E-state index in [9.17, 15) is 0 Å². The smallest absolute Gasteiger partial charge is 0.0233 e. The molecule has 1 N–H and O–H groups in total. The van der Waals surface area contributed by atoms with Crippen molar-refractivity contribution in [3.63, 3.8) is 0 Å². The van der Waals surface area contributed by atoms with Crippen LogP contribution in [0.2, 0.25) is 0 Å². The second-order valence-electron chi connectivity index (χ2n) is 6.54. The van der Waals surface area contributed by atoms with Crippen LogP contribution in [0.4, 0.5) is 0 Å². The first kappa shape index (κ1) is 16.9. The first-order chi connectivity index (χ1) is 10.1. The van der Waals surface area contributed by atoms with Crippen LogP contribution < -0.4 is 5.32 Å². The highest BCUT2D eigenvalue weighted by Crippen LogP contribution is 2.21. The Labute approximate surface area is 134 Å². The van der Waals surface area contributed by atoms with E-state index in [0.717, 1.165) is 19.1 Å². The van der Waals surface area contributed by atoms with E-state index in [2.05, 4.69) is 61.6 Å². The number of nitrogens with one attached hydrogen (secondary N) is 1. The minimum atomic E-state index is 0.604. The van der Waals surface area contributed by atoms with Gasteiger partial charge in [0.25, 0.3) is 0 Å². The topological polar surface area (TPSA) is 15.3 Å². The van der Waals surface area contributed by atoms with E-state index in [1.165, 1.54) is 29.7 Å². The predicted molar refractivity (Wildman–Crippen MR) is 95.2 cm³/mol. The number of hydrogen-bond donors (Lipinski definition) is 1. The van der Waals surface area contributed by atoms with Crippen molar-refractivity contribution in [2.45, 2.75) is 51.2 Å². The maximum Gasteiger partial charge on any atom is 0.0233 e. The molecule has 1 fully saturated rings. The van der Waals surface area contributed by atoms with Crippen molar-refractivity contribution in [1.82, 2.24) is 10.2 Å². The molecular formula is C18H30N2S. The van der Waals surface area contributed by atoms with E-state index in [1.807, 2.05) is 11.8 Å². The summed E-state index contributed by atoms with van der Waals surface area (Å²) in [4.78, 5) is 2.43. The summed E-state index contributed by atoms with van der Waals surface area (Å²) in [6, 6.07) is 10.6. The van der Waals surface area contributed by atoms with Gasteiger partial charge in [0.2, 0.25) is 0 Å². The lowest BCUT2D eigenvalue weighted by Gasteiger charge is -2.24.